The van der Waals surface area contributed by atoms with Crippen LogP contribution in [0, 0.1) is 0 Å². The predicted molar refractivity (Wildman–Crippen MR) is 103 cm³/mol. The molecule has 0 aliphatic carbocycles. The van der Waals surface area contributed by atoms with Gasteiger partial charge in [0.2, 0.25) is 0 Å². The molecule has 0 aliphatic heterocycles. The number of alkyl halides is 2. The second-order valence-electron chi connectivity index (χ2n) is 6.45. The van der Waals surface area contributed by atoms with Crippen molar-refractivity contribution in [2.75, 3.05) is 0 Å². The highest BCUT2D eigenvalue weighted by Crippen LogP contribution is 2.23. The number of fused-ring (bicyclic) bond motifs is 1. The lowest BCUT2D eigenvalue weighted by Crippen LogP contribution is -2.07. The van der Waals surface area contributed by atoms with E-state index in [2.05, 4.69) is 19.7 Å². The number of carbonyl (C=O) groups excluding carboxylic acids is 1. The van der Waals surface area contributed by atoms with Crippen LogP contribution in [-0.2, 0) is 13.5 Å². The zero-order valence-corrected chi connectivity index (χ0v) is 15.4. The Morgan fingerprint density at radius 2 is 1.93 bits per heavy atom. The minimum Gasteiger partial charge on any atom is -0.435 e. The smallest absolute Gasteiger partial charge is 0.387 e. The number of hydrogen-bond acceptors (Lipinski definition) is 5. The Hall–Kier alpha value is -3.68. The standard InChI is InChI=1S/C21H16F2N4O2/c1-27-12-24-11-18(27)14-2-3-15-10-25-20(26-17(15)8-14)9-19(28)13-4-6-16(7-5-13)29-21(22)23/h2-8,10-12,21H,9H2,1H3. The maximum atomic E-state index is 12.5. The summed E-state index contributed by atoms with van der Waals surface area (Å²) in [4.78, 5) is 25.4. The van der Waals surface area contributed by atoms with Crippen LogP contribution in [0.5, 0.6) is 5.75 Å². The van der Waals surface area contributed by atoms with E-state index in [0.29, 0.717) is 11.4 Å². The third-order valence-electron chi connectivity index (χ3n) is 4.47. The van der Waals surface area contributed by atoms with Gasteiger partial charge in [0.15, 0.2) is 5.78 Å². The SMILES string of the molecule is Cn1cncc1-c1ccc2cnc(CC(=O)c3ccc(OC(F)F)cc3)nc2c1. The molecule has 0 N–H and O–H groups in total. The fraction of sp³-hybridized carbons (Fsp3) is 0.143. The van der Waals surface area contributed by atoms with Crippen LogP contribution in [0.2, 0.25) is 0 Å². The van der Waals surface area contributed by atoms with Gasteiger partial charge in [-0.3, -0.25) is 4.79 Å². The van der Waals surface area contributed by atoms with Gasteiger partial charge in [-0.2, -0.15) is 8.78 Å². The molecule has 29 heavy (non-hydrogen) atoms. The largest absolute Gasteiger partial charge is 0.435 e. The van der Waals surface area contributed by atoms with E-state index in [0.717, 1.165) is 22.2 Å². The highest BCUT2D eigenvalue weighted by atomic mass is 19.3. The van der Waals surface area contributed by atoms with Crippen molar-refractivity contribution in [3.63, 3.8) is 0 Å². The topological polar surface area (TPSA) is 69.9 Å². The van der Waals surface area contributed by atoms with Gasteiger partial charge in [-0.15, -0.1) is 0 Å². The van der Waals surface area contributed by atoms with E-state index in [9.17, 15) is 13.6 Å². The first-order valence-electron chi connectivity index (χ1n) is 8.80. The van der Waals surface area contributed by atoms with Gasteiger partial charge in [0.05, 0.1) is 30.2 Å². The molecular formula is C21H16F2N4O2. The second kappa shape index (κ2) is 7.75. The summed E-state index contributed by atoms with van der Waals surface area (Å²) in [5.74, 6) is 0.175. The van der Waals surface area contributed by atoms with Crippen LogP contribution >= 0.6 is 0 Å². The Balaban J connectivity index is 1.56. The highest BCUT2D eigenvalue weighted by molar-refractivity contribution is 5.97. The fourth-order valence-electron chi connectivity index (χ4n) is 3.01. The predicted octanol–water partition coefficient (Wildman–Crippen LogP) is 4.06. The zero-order chi connectivity index (χ0) is 20.4. The highest BCUT2D eigenvalue weighted by Gasteiger charge is 2.12. The molecule has 0 unspecified atom stereocenters. The molecular weight excluding hydrogens is 378 g/mol. The van der Waals surface area contributed by atoms with E-state index in [1.807, 2.05) is 29.8 Å². The maximum absolute atomic E-state index is 12.5. The zero-order valence-electron chi connectivity index (χ0n) is 15.4. The van der Waals surface area contributed by atoms with Gasteiger partial charge in [0.25, 0.3) is 0 Å². The Kier molecular flexibility index (Phi) is 4.99. The molecule has 0 amide bonds. The number of rotatable bonds is 6. The number of nitrogens with zero attached hydrogens (tertiary/aromatic N) is 4. The first-order valence-corrected chi connectivity index (χ1v) is 8.80. The van der Waals surface area contributed by atoms with Crippen molar-refractivity contribution in [3.05, 3.63) is 72.6 Å². The van der Waals surface area contributed by atoms with Crippen molar-refractivity contribution in [1.29, 1.82) is 0 Å². The molecule has 0 fully saturated rings. The molecule has 0 radical (unpaired) electrons. The Bertz CT molecular complexity index is 1170. The van der Waals surface area contributed by atoms with Gasteiger partial charge < -0.3 is 9.30 Å². The first kappa shape index (κ1) is 18.7. The van der Waals surface area contributed by atoms with E-state index in [-0.39, 0.29) is 18.0 Å². The average molecular weight is 394 g/mol. The fourth-order valence-corrected chi connectivity index (χ4v) is 3.01. The van der Waals surface area contributed by atoms with E-state index in [1.54, 1.807) is 18.7 Å². The van der Waals surface area contributed by atoms with Crippen LogP contribution in [0.1, 0.15) is 16.2 Å². The van der Waals surface area contributed by atoms with E-state index >= 15 is 0 Å². The summed E-state index contributed by atoms with van der Waals surface area (Å²) in [5, 5.41) is 0.862. The summed E-state index contributed by atoms with van der Waals surface area (Å²) in [6.07, 6.45) is 5.17. The van der Waals surface area contributed by atoms with Crippen LogP contribution in [0.25, 0.3) is 22.2 Å². The minimum absolute atomic E-state index is 0.000922. The lowest BCUT2D eigenvalue weighted by Gasteiger charge is -2.07. The van der Waals surface area contributed by atoms with Gasteiger partial charge in [0.1, 0.15) is 11.6 Å². The number of benzene rings is 2. The van der Waals surface area contributed by atoms with E-state index in [4.69, 9.17) is 0 Å². The summed E-state index contributed by atoms with van der Waals surface area (Å²) >= 11 is 0. The van der Waals surface area contributed by atoms with Crippen LogP contribution in [0.4, 0.5) is 8.78 Å². The monoisotopic (exact) mass is 394 g/mol. The van der Waals surface area contributed by atoms with E-state index < -0.39 is 6.61 Å². The third kappa shape index (κ3) is 4.11. The number of ether oxygens (including phenoxy) is 1. The molecule has 4 rings (SSSR count). The van der Waals surface area contributed by atoms with Crippen molar-refractivity contribution >= 4 is 16.7 Å². The molecule has 0 aliphatic rings. The van der Waals surface area contributed by atoms with Gasteiger partial charge >= 0.3 is 6.61 Å². The van der Waals surface area contributed by atoms with Crippen molar-refractivity contribution in [2.45, 2.75) is 13.0 Å². The Morgan fingerprint density at radius 3 is 2.62 bits per heavy atom. The molecule has 0 atom stereocenters. The van der Waals surface area contributed by atoms with Crippen LogP contribution in [0.15, 0.2) is 61.2 Å². The molecule has 0 bridgehead atoms. The van der Waals surface area contributed by atoms with Gasteiger partial charge in [-0.1, -0.05) is 12.1 Å². The lowest BCUT2D eigenvalue weighted by atomic mass is 10.1. The number of imidazole rings is 1. The van der Waals surface area contributed by atoms with Gasteiger partial charge in [-0.25, -0.2) is 15.0 Å². The molecule has 2 aromatic heterocycles. The Labute approximate surface area is 164 Å². The normalized spacial score (nSPS) is 11.2. The first-order chi connectivity index (χ1) is 14.0. The third-order valence-corrected chi connectivity index (χ3v) is 4.47. The summed E-state index contributed by atoms with van der Waals surface area (Å²) in [7, 11) is 1.91. The van der Waals surface area contributed by atoms with Crippen molar-refractivity contribution in [1.82, 2.24) is 19.5 Å². The number of ketones is 1. The van der Waals surface area contributed by atoms with Crippen molar-refractivity contribution < 1.29 is 18.3 Å². The summed E-state index contributed by atoms with van der Waals surface area (Å²) in [6.45, 7) is -2.90. The molecule has 0 saturated carbocycles. The second-order valence-corrected chi connectivity index (χ2v) is 6.45. The molecule has 2 aromatic carbocycles. The summed E-state index contributed by atoms with van der Waals surface area (Å²) in [5.41, 5.74) is 3.01. The molecule has 6 nitrogen and oxygen atoms in total. The number of aromatic nitrogens is 4. The van der Waals surface area contributed by atoms with Crippen LogP contribution in [0.3, 0.4) is 0 Å². The number of Topliss-reactive ketones (excluding diaryl/α,β-unsaturated/α-hetero) is 1. The summed E-state index contributed by atoms with van der Waals surface area (Å²) in [6, 6.07) is 11.4. The molecule has 4 aromatic rings. The van der Waals surface area contributed by atoms with Gasteiger partial charge in [0, 0.05) is 29.8 Å². The quantitative estimate of drug-likeness (QED) is 0.462. The summed E-state index contributed by atoms with van der Waals surface area (Å²) < 4.78 is 30.7. The number of carbonyl (C=O) groups is 1. The van der Waals surface area contributed by atoms with E-state index in [1.165, 1.54) is 24.3 Å². The number of aryl methyl sites for hydroxylation is 1. The van der Waals surface area contributed by atoms with Crippen molar-refractivity contribution in [3.8, 4) is 17.0 Å². The number of hydrogen-bond donors (Lipinski definition) is 0. The van der Waals surface area contributed by atoms with Gasteiger partial charge in [-0.05, 0) is 30.3 Å². The Morgan fingerprint density at radius 1 is 1.14 bits per heavy atom. The molecule has 8 heteroatoms. The van der Waals surface area contributed by atoms with Crippen molar-refractivity contribution in [2.24, 2.45) is 7.05 Å². The van der Waals surface area contributed by atoms with Crippen LogP contribution in [-0.4, -0.2) is 31.9 Å². The number of halogens is 2. The van der Waals surface area contributed by atoms with Crippen LogP contribution < -0.4 is 4.74 Å². The average Bonchev–Trinajstić information content (AvgIpc) is 3.13. The molecule has 2 heterocycles. The molecule has 0 saturated heterocycles. The maximum Gasteiger partial charge on any atom is 0.387 e. The molecule has 0 spiro atoms. The lowest BCUT2D eigenvalue weighted by molar-refractivity contribution is -0.0498. The molecule has 146 valence electrons. The minimum atomic E-state index is -2.90.